The smallest absolute Gasteiger partial charge is 0.204 e. The number of ether oxygens (including phenoxy) is 2. The van der Waals surface area contributed by atoms with E-state index in [1.165, 1.54) is 16.0 Å². The number of anilines is 1. The van der Waals surface area contributed by atoms with Gasteiger partial charge in [0, 0.05) is 18.5 Å². The molecule has 8 heteroatoms. The van der Waals surface area contributed by atoms with Gasteiger partial charge in [-0.2, -0.15) is 4.68 Å². The third-order valence-corrected chi connectivity index (χ3v) is 5.67. The molecule has 0 spiro atoms. The Hall–Kier alpha value is -1.64. The van der Waals surface area contributed by atoms with Crippen molar-refractivity contribution in [1.82, 2.24) is 9.78 Å². The van der Waals surface area contributed by atoms with Crippen molar-refractivity contribution >= 4 is 28.7 Å². The second-order valence-corrected chi connectivity index (χ2v) is 7.78. The summed E-state index contributed by atoms with van der Waals surface area (Å²) in [5, 5.41) is 8.84. The number of quaternary nitrogens is 1. The van der Waals surface area contributed by atoms with Crippen LogP contribution in [-0.4, -0.2) is 37.1 Å². The summed E-state index contributed by atoms with van der Waals surface area (Å²) < 4.78 is 13.6. The summed E-state index contributed by atoms with van der Waals surface area (Å²) in [5.41, 5.74) is 2.65. The lowest BCUT2D eigenvalue weighted by atomic mass is 9.99. The molecule has 1 aliphatic heterocycles. The number of hydrogen-bond donors (Lipinski definition) is 2. The molecule has 0 saturated heterocycles. The molecule has 0 saturated carbocycles. The summed E-state index contributed by atoms with van der Waals surface area (Å²) in [6.07, 6.45) is 2.09. The number of rotatable bonds is 7. The monoisotopic (exact) mass is 381 g/mol. The zero-order valence-corrected chi connectivity index (χ0v) is 16.6. The standard InChI is InChI=1S/C17H24N4O2S2/c1-4-6-18-16-19-21(17(24)25-16)11-20-7-5-12-8-14(22-2)15(23-3)9-13(12)10-20/h8-9H,4-7,10-11H2,1-3H3,(H,18,19)/p+1. The molecule has 6 nitrogen and oxygen atoms in total. The molecular formula is C17H25N4O2S2+. The molecule has 1 aliphatic rings. The van der Waals surface area contributed by atoms with Crippen LogP contribution < -0.4 is 19.7 Å². The minimum absolute atomic E-state index is 0.789. The Morgan fingerprint density at radius 3 is 2.68 bits per heavy atom. The van der Waals surface area contributed by atoms with E-state index in [1.807, 2.05) is 4.68 Å². The number of nitrogens with zero attached hydrogens (tertiary/aromatic N) is 2. The van der Waals surface area contributed by atoms with E-state index in [0.717, 1.165) is 59.7 Å². The Balaban J connectivity index is 1.73. The van der Waals surface area contributed by atoms with Crippen LogP contribution in [0.25, 0.3) is 0 Å². The highest BCUT2D eigenvalue weighted by atomic mass is 32.1. The Bertz CT molecular complexity index is 787. The summed E-state index contributed by atoms with van der Waals surface area (Å²) in [6, 6.07) is 4.20. The SMILES string of the molecule is CCCNc1nn(C[NH+]2CCc3cc(OC)c(OC)cc3C2)c(=S)s1. The molecule has 2 N–H and O–H groups in total. The molecule has 1 aromatic heterocycles. The highest BCUT2D eigenvalue weighted by Crippen LogP contribution is 2.31. The number of benzene rings is 1. The number of nitrogens with one attached hydrogen (secondary N) is 2. The number of fused-ring (bicyclic) bond motifs is 1. The average Bonchev–Trinajstić information content (AvgIpc) is 2.98. The molecule has 2 aromatic rings. The fraction of sp³-hybridized carbons (Fsp3) is 0.529. The lowest BCUT2D eigenvalue weighted by Crippen LogP contribution is -3.11. The second kappa shape index (κ2) is 8.16. The van der Waals surface area contributed by atoms with Crippen LogP contribution in [0.15, 0.2) is 12.1 Å². The van der Waals surface area contributed by atoms with Crippen LogP contribution in [0.2, 0.25) is 0 Å². The van der Waals surface area contributed by atoms with E-state index < -0.39 is 0 Å². The van der Waals surface area contributed by atoms with Crippen molar-refractivity contribution < 1.29 is 14.4 Å². The van der Waals surface area contributed by atoms with Crippen molar-refractivity contribution in [1.29, 1.82) is 0 Å². The average molecular weight is 382 g/mol. The molecule has 0 aliphatic carbocycles. The van der Waals surface area contributed by atoms with Crippen molar-refractivity contribution in [2.45, 2.75) is 33.0 Å². The highest BCUT2D eigenvalue weighted by molar-refractivity contribution is 7.73. The van der Waals surface area contributed by atoms with Gasteiger partial charge in [-0.1, -0.05) is 18.3 Å². The summed E-state index contributed by atoms with van der Waals surface area (Å²) >= 11 is 7.02. The quantitative estimate of drug-likeness (QED) is 0.720. The maximum absolute atomic E-state index is 5.47. The van der Waals surface area contributed by atoms with E-state index in [-0.39, 0.29) is 0 Å². The van der Waals surface area contributed by atoms with E-state index in [2.05, 4.69) is 29.5 Å². The van der Waals surface area contributed by atoms with Crippen molar-refractivity contribution in [2.24, 2.45) is 0 Å². The van der Waals surface area contributed by atoms with Crippen LogP contribution in [0, 0.1) is 3.95 Å². The van der Waals surface area contributed by atoms with Crippen LogP contribution in [0.5, 0.6) is 11.5 Å². The van der Waals surface area contributed by atoms with Gasteiger partial charge >= 0.3 is 0 Å². The largest absolute Gasteiger partial charge is 0.493 e. The topological polar surface area (TPSA) is 52.8 Å². The van der Waals surface area contributed by atoms with Gasteiger partial charge in [0.25, 0.3) is 0 Å². The molecule has 136 valence electrons. The molecule has 1 atom stereocenters. The van der Waals surface area contributed by atoms with Crippen LogP contribution in [0.3, 0.4) is 0 Å². The fourth-order valence-corrected chi connectivity index (χ4v) is 4.12. The van der Waals surface area contributed by atoms with Crippen molar-refractivity contribution in [3.8, 4) is 11.5 Å². The zero-order chi connectivity index (χ0) is 17.8. The minimum atomic E-state index is 0.789. The van der Waals surface area contributed by atoms with Gasteiger partial charge in [-0.05, 0) is 36.3 Å². The maximum atomic E-state index is 5.47. The van der Waals surface area contributed by atoms with Crippen molar-refractivity contribution in [2.75, 3.05) is 32.6 Å². The highest BCUT2D eigenvalue weighted by Gasteiger charge is 2.23. The molecule has 1 aromatic carbocycles. The summed E-state index contributed by atoms with van der Waals surface area (Å²) in [5.74, 6) is 1.59. The van der Waals surface area contributed by atoms with Crippen molar-refractivity contribution in [3.63, 3.8) is 0 Å². The first-order chi connectivity index (χ1) is 12.1. The van der Waals surface area contributed by atoms with Crippen LogP contribution in [0.1, 0.15) is 24.5 Å². The first-order valence-corrected chi connectivity index (χ1v) is 9.76. The third kappa shape index (κ3) is 4.13. The molecule has 0 amide bonds. The number of aromatic nitrogens is 2. The van der Waals surface area contributed by atoms with Gasteiger partial charge in [0.1, 0.15) is 6.54 Å². The van der Waals surface area contributed by atoms with Crippen LogP contribution >= 0.6 is 23.6 Å². The Kier molecular flexibility index (Phi) is 5.93. The van der Waals surface area contributed by atoms with Crippen LogP contribution in [0.4, 0.5) is 5.13 Å². The fourth-order valence-electron chi connectivity index (χ4n) is 3.09. The first kappa shape index (κ1) is 18.2. The van der Waals surface area contributed by atoms with E-state index in [0.29, 0.717) is 0 Å². The molecule has 0 bridgehead atoms. The zero-order valence-electron chi connectivity index (χ0n) is 14.9. The maximum Gasteiger partial charge on any atom is 0.204 e. The van der Waals surface area contributed by atoms with E-state index in [9.17, 15) is 0 Å². The normalized spacial score (nSPS) is 16.4. The van der Waals surface area contributed by atoms with Gasteiger partial charge in [-0.15, -0.1) is 5.10 Å². The summed E-state index contributed by atoms with van der Waals surface area (Å²) in [6.45, 7) is 5.85. The predicted octanol–water partition coefficient (Wildman–Crippen LogP) is 2.11. The van der Waals surface area contributed by atoms with Crippen LogP contribution in [-0.2, 0) is 19.6 Å². The van der Waals surface area contributed by atoms with E-state index >= 15 is 0 Å². The molecule has 0 radical (unpaired) electrons. The number of methoxy groups -OCH3 is 2. The molecule has 1 unspecified atom stereocenters. The lowest BCUT2D eigenvalue weighted by molar-refractivity contribution is -0.938. The lowest BCUT2D eigenvalue weighted by Gasteiger charge is -2.26. The molecular weight excluding hydrogens is 356 g/mol. The van der Waals surface area contributed by atoms with Gasteiger partial charge in [0.15, 0.2) is 22.1 Å². The first-order valence-electron chi connectivity index (χ1n) is 8.53. The Labute approximate surface area is 157 Å². The van der Waals surface area contributed by atoms with Crippen molar-refractivity contribution in [3.05, 3.63) is 27.2 Å². The summed E-state index contributed by atoms with van der Waals surface area (Å²) in [7, 11) is 3.36. The van der Waals surface area contributed by atoms with Gasteiger partial charge in [-0.3, -0.25) is 0 Å². The molecule has 3 rings (SSSR count). The second-order valence-electron chi connectivity index (χ2n) is 6.16. The number of hydrogen-bond acceptors (Lipinski definition) is 6. The van der Waals surface area contributed by atoms with E-state index in [1.54, 1.807) is 25.6 Å². The van der Waals surface area contributed by atoms with Gasteiger partial charge in [0.2, 0.25) is 5.13 Å². The van der Waals surface area contributed by atoms with E-state index in [4.69, 9.17) is 21.7 Å². The molecule has 2 heterocycles. The minimum Gasteiger partial charge on any atom is -0.493 e. The molecule has 0 fully saturated rings. The summed E-state index contributed by atoms with van der Waals surface area (Å²) in [4.78, 5) is 1.45. The Morgan fingerprint density at radius 1 is 1.28 bits per heavy atom. The molecule has 25 heavy (non-hydrogen) atoms. The third-order valence-electron chi connectivity index (χ3n) is 4.40. The van der Waals surface area contributed by atoms with Gasteiger partial charge in [0.05, 0.1) is 20.8 Å². The Morgan fingerprint density at radius 2 is 2.00 bits per heavy atom. The van der Waals surface area contributed by atoms with Gasteiger partial charge in [-0.25, -0.2) is 0 Å². The predicted molar refractivity (Wildman–Crippen MR) is 103 cm³/mol. The van der Waals surface area contributed by atoms with Gasteiger partial charge < -0.3 is 19.7 Å².